The van der Waals surface area contributed by atoms with Gasteiger partial charge in [0.15, 0.2) is 0 Å². The Hall–Kier alpha value is -1.88. The molecule has 0 spiro atoms. The average Bonchev–Trinajstić information content (AvgIpc) is 2.34. The fourth-order valence-corrected chi connectivity index (χ4v) is 2.56. The molecule has 0 atom stereocenters. The van der Waals surface area contributed by atoms with Gasteiger partial charge in [0.1, 0.15) is 17.5 Å². The number of hydrogen-bond donors (Lipinski definition) is 2. The van der Waals surface area contributed by atoms with Crippen molar-refractivity contribution in [1.29, 1.82) is 5.41 Å². The Bertz CT molecular complexity index is 641. The summed E-state index contributed by atoms with van der Waals surface area (Å²) >= 11 is 1.12. The van der Waals surface area contributed by atoms with E-state index in [0.717, 1.165) is 23.4 Å². The van der Waals surface area contributed by atoms with E-state index in [1.807, 2.05) is 13.0 Å². The molecule has 0 aliphatic heterocycles. The molecule has 2 nitrogen and oxygen atoms in total. The van der Waals surface area contributed by atoms with Gasteiger partial charge in [-0.3, -0.25) is 5.41 Å². The van der Waals surface area contributed by atoms with Crippen LogP contribution < -0.4 is 5.73 Å². The van der Waals surface area contributed by atoms with Crippen LogP contribution in [0, 0.1) is 24.0 Å². The maximum absolute atomic E-state index is 13.6. The molecule has 0 radical (unpaired) electrons. The molecule has 0 saturated carbocycles. The number of benzene rings is 2. The maximum Gasteiger partial charge on any atom is 0.140 e. The number of amidine groups is 1. The summed E-state index contributed by atoms with van der Waals surface area (Å²) in [6, 6.07) is 8.82. The fraction of sp³-hybridized carbons (Fsp3) is 0.0714. The molecule has 2 aromatic carbocycles. The largest absolute Gasteiger partial charge is 0.384 e. The molecule has 5 heteroatoms. The quantitative estimate of drug-likeness (QED) is 0.664. The van der Waals surface area contributed by atoms with Crippen molar-refractivity contribution in [3.05, 3.63) is 59.2 Å². The Morgan fingerprint density at radius 2 is 1.79 bits per heavy atom. The highest BCUT2D eigenvalue weighted by atomic mass is 32.2. The monoisotopic (exact) mass is 278 g/mol. The van der Waals surface area contributed by atoms with Gasteiger partial charge in [-0.1, -0.05) is 23.4 Å². The molecule has 0 unspecified atom stereocenters. The van der Waals surface area contributed by atoms with Gasteiger partial charge in [-0.2, -0.15) is 0 Å². The van der Waals surface area contributed by atoms with Crippen LogP contribution >= 0.6 is 11.8 Å². The first-order valence-corrected chi connectivity index (χ1v) is 6.37. The first-order valence-electron chi connectivity index (χ1n) is 5.55. The zero-order chi connectivity index (χ0) is 14.0. The summed E-state index contributed by atoms with van der Waals surface area (Å²) in [5, 5.41) is 7.54. The third-order valence-electron chi connectivity index (χ3n) is 2.54. The van der Waals surface area contributed by atoms with Crippen molar-refractivity contribution < 1.29 is 8.78 Å². The zero-order valence-electron chi connectivity index (χ0n) is 10.2. The van der Waals surface area contributed by atoms with Gasteiger partial charge >= 0.3 is 0 Å². The third kappa shape index (κ3) is 3.12. The maximum atomic E-state index is 13.6. The van der Waals surface area contributed by atoms with Gasteiger partial charge in [0.05, 0.1) is 0 Å². The van der Waals surface area contributed by atoms with Crippen LogP contribution in [-0.4, -0.2) is 5.84 Å². The van der Waals surface area contributed by atoms with E-state index in [0.29, 0.717) is 15.4 Å². The lowest BCUT2D eigenvalue weighted by Gasteiger charge is -2.09. The van der Waals surface area contributed by atoms with Gasteiger partial charge in [-0.15, -0.1) is 0 Å². The standard InChI is InChI=1S/C14H12F2N2S/c1-8-2-4-12(10(6-8)14(17)18)19-13-5-3-9(15)7-11(13)16/h2-7H,1H3,(H3,17,18). The first kappa shape index (κ1) is 13.5. The van der Waals surface area contributed by atoms with Crippen LogP contribution in [-0.2, 0) is 0 Å². The molecule has 0 saturated heterocycles. The second-order valence-electron chi connectivity index (χ2n) is 4.09. The Labute approximate surface area is 114 Å². The third-order valence-corrected chi connectivity index (χ3v) is 3.67. The summed E-state index contributed by atoms with van der Waals surface area (Å²) in [7, 11) is 0. The molecule has 0 fully saturated rings. The number of nitrogen functional groups attached to an aromatic ring is 1. The molecule has 19 heavy (non-hydrogen) atoms. The topological polar surface area (TPSA) is 49.9 Å². The zero-order valence-corrected chi connectivity index (χ0v) is 11.0. The smallest absolute Gasteiger partial charge is 0.140 e. The van der Waals surface area contributed by atoms with Gasteiger partial charge in [0, 0.05) is 21.4 Å². The number of aryl methyl sites for hydroxylation is 1. The van der Waals surface area contributed by atoms with Crippen LogP contribution in [0.4, 0.5) is 8.78 Å². The lowest BCUT2D eigenvalue weighted by molar-refractivity contribution is 0.565. The molecule has 2 aromatic rings. The van der Waals surface area contributed by atoms with E-state index in [-0.39, 0.29) is 5.84 Å². The van der Waals surface area contributed by atoms with Crippen molar-refractivity contribution in [1.82, 2.24) is 0 Å². The second kappa shape index (κ2) is 5.40. The Kier molecular flexibility index (Phi) is 3.85. The molecular weight excluding hydrogens is 266 g/mol. The van der Waals surface area contributed by atoms with E-state index in [1.54, 1.807) is 12.1 Å². The highest BCUT2D eigenvalue weighted by Crippen LogP contribution is 2.32. The van der Waals surface area contributed by atoms with Crippen molar-refractivity contribution in [3.8, 4) is 0 Å². The second-order valence-corrected chi connectivity index (χ2v) is 5.17. The summed E-state index contributed by atoms with van der Waals surface area (Å²) in [6.45, 7) is 1.89. The van der Waals surface area contributed by atoms with E-state index in [4.69, 9.17) is 11.1 Å². The summed E-state index contributed by atoms with van der Waals surface area (Å²) in [6.07, 6.45) is 0. The minimum absolute atomic E-state index is 0.0753. The van der Waals surface area contributed by atoms with E-state index in [2.05, 4.69) is 0 Å². The van der Waals surface area contributed by atoms with Crippen LogP contribution in [0.1, 0.15) is 11.1 Å². The normalized spacial score (nSPS) is 10.5. The first-order chi connectivity index (χ1) is 8.97. The van der Waals surface area contributed by atoms with E-state index in [9.17, 15) is 8.78 Å². The minimum Gasteiger partial charge on any atom is -0.384 e. The number of halogens is 2. The van der Waals surface area contributed by atoms with Crippen molar-refractivity contribution in [3.63, 3.8) is 0 Å². The molecular formula is C14H12F2N2S. The van der Waals surface area contributed by atoms with Gasteiger partial charge in [-0.25, -0.2) is 8.78 Å². The predicted molar refractivity (Wildman–Crippen MR) is 72.7 cm³/mol. The Morgan fingerprint density at radius 3 is 2.42 bits per heavy atom. The lowest BCUT2D eigenvalue weighted by Crippen LogP contribution is -2.12. The lowest BCUT2D eigenvalue weighted by atomic mass is 10.1. The predicted octanol–water partition coefficient (Wildman–Crippen LogP) is 3.71. The van der Waals surface area contributed by atoms with Crippen LogP contribution in [0.5, 0.6) is 0 Å². The van der Waals surface area contributed by atoms with E-state index >= 15 is 0 Å². The Morgan fingerprint density at radius 1 is 1.11 bits per heavy atom. The van der Waals surface area contributed by atoms with Gasteiger partial charge in [0.2, 0.25) is 0 Å². The number of hydrogen-bond acceptors (Lipinski definition) is 2. The van der Waals surface area contributed by atoms with Crippen molar-refractivity contribution in [2.24, 2.45) is 5.73 Å². The van der Waals surface area contributed by atoms with Gasteiger partial charge in [0.25, 0.3) is 0 Å². The van der Waals surface area contributed by atoms with Gasteiger partial charge < -0.3 is 5.73 Å². The van der Waals surface area contributed by atoms with E-state index < -0.39 is 11.6 Å². The fourth-order valence-electron chi connectivity index (χ4n) is 1.62. The number of nitrogens with two attached hydrogens (primary N) is 1. The molecule has 0 heterocycles. The summed E-state index contributed by atoms with van der Waals surface area (Å²) < 4.78 is 26.4. The van der Waals surface area contributed by atoms with Gasteiger partial charge in [-0.05, 0) is 31.2 Å². The number of rotatable bonds is 3. The van der Waals surface area contributed by atoms with E-state index in [1.165, 1.54) is 12.1 Å². The SMILES string of the molecule is Cc1ccc(Sc2ccc(F)cc2F)c(C(=N)N)c1. The summed E-state index contributed by atoms with van der Waals surface area (Å²) in [5.74, 6) is -1.31. The van der Waals surface area contributed by atoms with Crippen LogP contribution in [0.15, 0.2) is 46.2 Å². The van der Waals surface area contributed by atoms with Crippen molar-refractivity contribution in [2.45, 2.75) is 16.7 Å². The molecule has 3 N–H and O–H groups in total. The Balaban J connectivity index is 2.40. The molecule has 0 bridgehead atoms. The minimum atomic E-state index is -0.625. The highest BCUT2D eigenvalue weighted by Gasteiger charge is 2.11. The summed E-state index contributed by atoms with van der Waals surface area (Å²) in [4.78, 5) is 0.969. The summed E-state index contributed by atoms with van der Waals surface area (Å²) in [5.41, 5.74) is 7.03. The van der Waals surface area contributed by atoms with Crippen molar-refractivity contribution in [2.75, 3.05) is 0 Å². The van der Waals surface area contributed by atoms with Crippen molar-refractivity contribution >= 4 is 17.6 Å². The molecule has 0 amide bonds. The molecule has 98 valence electrons. The number of nitrogens with one attached hydrogen (secondary N) is 1. The molecule has 0 aliphatic rings. The van der Waals surface area contributed by atoms with Crippen LogP contribution in [0.25, 0.3) is 0 Å². The molecule has 2 rings (SSSR count). The van der Waals surface area contributed by atoms with Crippen LogP contribution in [0.2, 0.25) is 0 Å². The highest BCUT2D eigenvalue weighted by molar-refractivity contribution is 7.99. The molecule has 0 aromatic heterocycles. The van der Waals surface area contributed by atoms with Crippen LogP contribution in [0.3, 0.4) is 0 Å². The average molecular weight is 278 g/mol. The molecule has 0 aliphatic carbocycles.